The van der Waals surface area contributed by atoms with Gasteiger partial charge in [0.1, 0.15) is 6.04 Å². The molecule has 37 heavy (non-hydrogen) atoms. The smallest absolute Gasteiger partial charge is 0.243 e. The number of carbonyl (C=O) groups excluding carboxylic acids is 2. The molecule has 4 rings (SSSR count). The van der Waals surface area contributed by atoms with Crippen LogP contribution < -0.4 is 5.32 Å². The van der Waals surface area contributed by atoms with Crippen molar-refractivity contribution in [2.24, 2.45) is 0 Å². The number of aryl methyl sites for hydroxylation is 1. The summed E-state index contributed by atoms with van der Waals surface area (Å²) in [5.41, 5.74) is 2.80. The predicted molar refractivity (Wildman–Crippen MR) is 153 cm³/mol. The van der Waals surface area contributed by atoms with Crippen LogP contribution in [0.15, 0.2) is 77.7 Å². The van der Waals surface area contributed by atoms with E-state index in [2.05, 4.69) is 5.32 Å². The molecule has 1 atom stereocenters. The molecule has 1 saturated carbocycles. The molecule has 0 saturated heterocycles. The Morgan fingerprint density at radius 3 is 2.24 bits per heavy atom. The van der Waals surface area contributed by atoms with Crippen molar-refractivity contribution >= 4 is 46.8 Å². The zero-order chi connectivity index (χ0) is 26.2. The van der Waals surface area contributed by atoms with Crippen molar-refractivity contribution in [3.63, 3.8) is 0 Å². The number of hydrogen-bond donors (Lipinski definition) is 1. The number of nitrogens with zero attached hydrogens (tertiary/aromatic N) is 1. The lowest BCUT2D eigenvalue weighted by atomic mass is 10.0. The minimum Gasteiger partial charge on any atom is -0.352 e. The summed E-state index contributed by atoms with van der Waals surface area (Å²) in [5, 5.41) is 4.18. The first-order chi connectivity index (χ1) is 17.9. The van der Waals surface area contributed by atoms with Gasteiger partial charge < -0.3 is 10.2 Å². The van der Waals surface area contributed by atoms with Gasteiger partial charge in [0, 0.05) is 39.5 Å². The molecule has 1 fully saturated rings. The maximum absolute atomic E-state index is 13.8. The first kappa shape index (κ1) is 27.6. The second kappa shape index (κ2) is 13.4. The zero-order valence-corrected chi connectivity index (χ0v) is 23.3. The van der Waals surface area contributed by atoms with E-state index in [1.54, 1.807) is 23.1 Å². The number of halogens is 2. The number of amides is 2. The van der Waals surface area contributed by atoms with E-state index >= 15 is 0 Å². The van der Waals surface area contributed by atoms with Crippen LogP contribution in [0.1, 0.15) is 42.4 Å². The van der Waals surface area contributed by atoms with Crippen molar-refractivity contribution in [2.75, 3.05) is 5.75 Å². The second-order valence-electron chi connectivity index (χ2n) is 9.52. The Balaban J connectivity index is 1.64. The van der Waals surface area contributed by atoms with Gasteiger partial charge in [0.05, 0.1) is 5.75 Å². The van der Waals surface area contributed by atoms with E-state index in [-0.39, 0.29) is 30.2 Å². The Kier molecular flexibility index (Phi) is 9.95. The standard InChI is InChI=1S/C30H32Cl2N2O2S/c1-21-14-16-24(17-15-21)37-20-29(35)34(19-25-26(31)12-7-13-27(25)32)28(18-22-8-3-2-4-9-22)30(36)33-23-10-5-6-11-23/h2-4,7-9,12-17,23,28H,5-6,10-11,18-20H2,1H3,(H,33,36)/t28-/m0/s1. The van der Waals surface area contributed by atoms with Gasteiger partial charge in [0.2, 0.25) is 11.8 Å². The lowest BCUT2D eigenvalue weighted by Gasteiger charge is -2.33. The first-order valence-corrected chi connectivity index (χ1v) is 14.4. The molecular weight excluding hydrogens is 523 g/mol. The summed E-state index contributed by atoms with van der Waals surface area (Å²) in [4.78, 5) is 30.2. The number of nitrogens with one attached hydrogen (secondary N) is 1. The molecule has 0 bridgehead atoms. The largest absolute Gasteiger partial charge is 0.352 e. The van der Waals surface area contributed by atoms with Crippen LogP contribution in [-0.4, -0.2) is 34.6 Å². The van der Waals surface area contributed by atoms with Crippen molar-refractivity contribution in [3.8, 4) is 0 Å². The summed E-state index contributed by atoms with van der Waals surface area (Å²) in [6.07, 6.45) is 4.57. The number of rotatable bonds is 10. The quantitative estimate of drug-likeness (QED) is 0.272. The molecule has 2 amide bonds. The van der Waals surface area contributed by atoms with E-state index in [1.807, 2.05) is 61.5 Å². The predicted octanol–water partition coefficient (Wildman–Crippen LogP) is 7.09. The summed E-state index contributed by atoms with van der Waals surface area (Å²) in [7, 11) is 0. The summed E-state index contributed by atoms with van der Waals surface area (Å²) >= 11 is 14.5. The van der Waals surface area contributed by atoms with E-state index in [0.29, 0.717) is 22.0 Å². The highest BCUT2D eigenvalue weighted by atomic mass is 35.5. The molecule has 3 aromatic rings. The lowest BCUT2D eigenvalue weighted by Crippen LogP contribution is -2.52. The third-order valence-electron chi connectivity index (χ3n) is 6.75. The molecule has 194 valence electrons. The number of benzene rings is 3. The van der Waals surface area contributed by atoms with Crippen LogP contribution in [0.5, 0.6) is 0 Å². The molecule has 7 heteroatoms. The summed E-state index contributed by atoms with van der Waals surface area (Å²) < 4.78 is 0. The van der Waals surface area contributed by atoms with Gasteiger partial charge in [-0.25, -0.2) is 0 Å². The molecule has 4 nitrogen and oxygen atoms in total. The van der Waals surface area contributed by atoms with Gasteiger partial charge in [-0.15, -0.1) is 11.8 Å². The van der Waals surface area contributed by atoms with Crippen LogP contribution in [0, 0.1) is 6.92 Å². The van der Waals surface area contributed by atoms with Crippen molar-refractivity contribution in [1.82, 2.24) is 10.2 Å². The molecule has 3 aromatic carbocycles. The third-order valence-corrected chi connectivity index (χ3v) is 8.45. The molecule has 0 aromatic heterocycles. The first-order valence-electron chi connectivity index (χ1n) is 12.7. The van der Waals surface area contributed by atoms with Crippen LogP contribution in [0.2, 0.25) is 10.0 Å². The molecule has 0 heterocycles. The van der Waals surface area contributed by atoms with Gasteiger partial charge in [-0.05, 0) is 49.6 Å². The molecule has 1 aliphatic rings. The summed E-state index contributed by atoms with van der Waals surface area (Å²) in [5.74, 6) is -0.0654. The van der Waals surface area contributed by atoms with Crippen molar-refractivity contribution in [1.29, 1.82) is 0 Å². The van der Waals surface area contributed by atoms with Crippen LogP contribution >= 0.6 is 35.0 Å². The van der Waals surface area contributed by atoms with E-state index in [9.17, 15) is 9.59 Å². The highest BCUT2D eigenvalue weighted by Crippen LogP contribution is 2.28. The molecule has 1 N–H and O–H groups in total. The molecule has 0 spiro atoms. The summed E-state index contributed by atoms with van der Waals surface area (Å²) in [6, 6.07) is 22.7. The third kappa shape index (κ3) is 7.76. The Hall–Kier alpha value is -2.47. The average Bonchev–Trinajstić information content (AvgIpc) is 3.40. The number of thioether (sulfide) groups is 1. The fraction of sp³-hybridized carbons (Fsp3) is 0.333. The van der Waals surface area contributed by atoms with Gasteiger partial charge >= 0.3 is 0 Å². The average molecular weight is 556 g/mol. The Bertz CT molecular complexity index is 1180. The minimum atomic E-state index is -0.693. The molecule has 1 aliphatic carbocycles. The molecule has 0 aliphatic heterocycles. The van der Waals surface area contributed by atoms with Crippen molar-refractivity contribution in [2.45, 2.75) is 62.6 Å². The van der Waals surface area contributed by atoms with E-state index in [4.69, 9.17) is 23.2 Å². The normalized spacial score (nSPS) is 14.4. The number of carbonyl (C=O) groups is 2. The fourth-order valence-corrected chi connectivity index (χ4v) is 5.94. The number of hydrogen-bond acceptors (Lipinski definition) is 3. The van der Waals surface area contributed by atoms with Gasteiger partial charge in [-0.2, -0.15) is 0 Å². The van der Waals surface area contributed by atoms with Gasteiger partial charge in [-0.1, -0.05) is 90.1 Å². The minimum absolute atomic E-state index is 0.132. The second-order valence-corrected chi connectivity index (χ2v) is 11.4. The molecule has 0 radical (unpaired) electrons. The molecular formula is C30H32Cl2N2O2S. The lowest BCUT2D eigenvalue weighted by molar-refractivity contribution is -0.139. The Morgan fingerprint density at radius 2 is 1.59 bits per heavy atom. The monoisotopic (exact) mass is 554 g/mol. The highest BCUT2D eigenvalue weighted by Gasteiger charge is 2.33. The van der Waals surface area contributed by atoms with Crippen LogP contribution in [0.3, 0.4) is 0 Å². The van der Waals surface area contributed by atoms with Gasteiger partial charge in [0.25, 0.3) is 0 Å². The summed E-state index contributed by atoms with van der Waals surface area (Å²) in [6.45, 7) is 2.19. The van der Waals surface area contributed by atoms with Crippen LogP contribution in [-0.2, 0) is 22.6 Å². The Morgan fingerprint density at radius 1 is 0.946 bits per heavy atom. The van der Waals surface area contributed by atoms with E-state index in [0.717, 1.165) is 41.7 Å². The Labute approximate surface area is 233 Å². The van der Waals surface area contributed by atoms with Gasteiger partial charge in [-0.3, -0.25) is 9.59 Å². The van der Waals surface area contributed by atoms with E-state index in [1.165, 1.54) is 11.8 Å². The maximum atomic E-state index is 13.8. The SMILES string of the molecule is Cc1ccc(SCC(=O)N(Cc2c(Cl)cccc2Cl)[C@@H](Cc2ccccc2)C(=O)NC2CCCC2)cc1. The van der Waals surface area contributed by atoms with E-state index < -0.39 is 6.04 Å². The topological polar surface area (TPSA) is 49.4 Å². The zero-order valence-electron chi connectivity index (χ0n) is 21.0. The van der Waals surface area contributed by atoms with Crippen LogP contribution in [0.4, 0.5) is 0 Å². The van der Waals surface area contributed by atoms with Crippen molar-refractivity contribution < 1.29 is 9.59 Å². The van der Waals surface area contributed by atoms with Crippen molar-refractivity contribution in [3.05, 3.63) is 99.5 Å². The fourth-order valence-electron chi connectivity index (χ4n) is 4.64. The highest BCUT2D eigenvalue weighted by molar-refractivity contribution is 8.00. The van der Waals surface area contributed by atoms with Crippen LogP contribution in [0.25, 0.3) is 0 Å². The molecule has 0 unspecified atom stereocenters. The van der Waals surface area contributed by atoms with Gasteiger partial charge in [0.15, 0.2) is 0 Å². The maximum Gasteiger partial charge on any atom is 0.243 e.